The highest BCUT2D eigenvalue weighted by Crippen LogP contribution is 2.23. The van der Waals surface area contributed by atoms with Gasteiger partial charge in [0, 0.05) is 19.6 Å². The average Bonchev–Trinajstić information content (AvgIpc) is 2.52. The maximum atomic E-state index is 12.2. The lowest BCUT2D eigenvalue weighted by molar-refractivity contribution is 0.0376. The molecule has 1 N–H and O–H groups in total. The molecule has 8 heteroatoms. The van der Waals surface area contributed by atoms with Crippen molar-refractivity contribution in [1.82, 2.24) is 9.62 Å². The van der Waals surface area contributed by atoms with Gasteiger partial charge in [0.2, 0.25) is 10.0 Å². The molecule has 0 aromatic heterocycles. The lowest BCUT2D eigenvalue weighted by Gasteiger charge is -2.26. The standard InChI is InChI=1S/C14H21IN2O4S/c1-20-14-4-3-12(11-13(14)15)22(18,19)16-5-2-6-17-7-9-21-10-8-17/h3-4,11,16H,2,5-10H2,1H3. The second-order valence-electron chi connectivity index (χ2n) is 5.00. The van der Waals surface area contributed by atoms with E-state index in [-0.39, 0.29) is 4.90 Å². The van der Waals surface area contributed by atoms with E-state index in [1.54, 1.807) is 25.3 Å². The fraction of sp³-hybridized carbons (Fsp3) is 0.571. The Morgan fingerprint density at radius 3 is 2.73 bits per heavy atom. The fourth-order valence-corrected chi connectivity index (χ4v) is 4.28. The first-order chi connectivity index (χ1) is 10.5. The fourth-order valence-electron chi connectivity index (χ4n) is 2.23. The molecule has 0 aliphatic carbocycles. The first kappa shape index (κ1) is 17.9. The Balaban J connectivity index is 1.84. The summed E-state index contributed by atoms with van der Waals surface area (Å²) in [4.78, 5) is 2.55. The van der Waals surface area contributed by atoms with E-state index in [0.717, 1.165) is 42.8 Å². The van der Waals surface area contributed by atoms with Crippen LogP contribution >= 0.6 is 22.6 Å². The van der Waals surface area contributed by atoms with Gasteiger partial charge >= 0.3 is 0 Å². The molecule has 1 aromatic rings. The molecule has 6 nitrogen and oxygen atoms in total. The van der Waals surface area contributed by atoms with E-state index >= 15 is 0 Å². The van der Waals surface area contributed by atoms with Crippen LogP contribution in [0.5, 0.6) is 5.75 Å². The van der Waals surface area contributed by atoms with Gasteiger partial charge in [0.05, 0.1) is 28.8 Å². The smallest absolute Gasteiger partial charge is 0.240 e. The average molecular weight is 440 g/mol. The van der Waals surface area contributed by atoms with Crippen molar-refractivity contribution in [2.75, 3.05) is 46.5 Å². The Morgan fingerprint density at radius 1 is 1.36 bits per heavy atom. The predicted octanol–water partition coefficient (Wildman–Crippen LogP) is 1.30. The van der Waals surface area contributed by atoms with Crippen LogP contribution in [0.1, 0.15) is 6.42 Å². The minimum atomic E-state index is -3.46. The van der Waals surface area contributed by atoms with Gasteiger partial charge < -0.3 is 9.47 Å². The first-order valence-electron chi connectivity index (χ1n) is 7.16. The molecule has 0 saturated carbocycles. The summed E-state index contributed by atoms with van der Waals surface area (Å²) in [7, 11) is -1.90. The van der Waals surface area contributed by atoms with E-state index in [4.69, 9.17) is 9.47 Å². The minimum absolute atomic E-state index is 0.268. The highest BCUT2D eigenvalue weighted by Gasteiger charge is 2.16. The van der Waals surface area contributed by atoms with Crippen LogP contribution in [0.25, 0.3) is 0 Å². The summed E-state index contributed by atoms with van der Waals surface area (Å²) in [6.45, 7) is 4.67. The zero-order valence-corrected chi connectivity index (χ0v) is 15.5. The van der Waals surface area contributed by atoms with E-state index in [0.29, 0.717) is 12.3 Å². The first-order valence-corrected chi connectivity index (χ1v) is 9.72. The number of benzene rings is 1. The Hall–Kier alpha value is -0.420. The maximum absolute atomic E-state index is 12.2. The lowest BCUT2D eigenvalue weighted by Crippen LogP contribution is -2.38. The molecule has 124 valence electrons. The maximum Gasteiger partial charge on any atom is 0.240 e. The molecule has 1 aliphatic rings. The molecule has 0 spiro atoms. The molecule has 2 rings (SSSR count). The van der Waals surface area contributed by atoms with Crippen molar-refractivity contribution >= 4 is 32.6 Å². The van der Waals surface area contributed by atoms with Crippen LogP contribution in [0, 0.1) is 3.57 Å². The van der Waals surface area contributed by atoms with Crippen LogP contribution in [0.2, 0.25) is 0 Å². The molecule has 0 bridgehead atoms. The van der Waals surface area contributed by atoms with Crippen molar-refractivity contribution in [3.8, 4) is 5.75 Å². The molecule has 1 aliphatic heterocycles. The second kappa shape index (κ2) is 8.44. The van der Waals surface area contributed by atoms with E-state index in [1.165, 1.54) is 0 Å². The SMILES string of the molecule is COc1ccc(S(=O)(=O)NCCCN2CCOCC2)cc1I. The van der Waals surface area contributed by atoms with Gasteiger partial charge in [-0.05, 0) is 53.8 Å². The van der Waals surface area contributed by atoms with Gasteiger partial charge in [-0.2, -0.15) is 0 Å². The van der Waals surface area contributed by atoms with Crippen molar-refractivity contribution < 1.29 is 17.9 Å². The predicted molar refractivity (Wildman–Crippen MR) is 92.8 cm³/mol. The third kappa shape index (κ3) is 5.05. The molecular weight excluding hydrogens is 419 g/mol. The number of morpholine rings is 1. The summed E-state index contributed by atoms with van der Waals surface area (Å²) in [6.07, 6.45) is 0.784. The summed E-state index contributed by atoms with van der Waals surface area (Å²) in [6, 6.07) is 4.85. The van der Waals surface area contributed by atoms with Crippen LogP contribution in [0.3, 0.4) is 0 Å². The molecule has 1 saturated heterocycles. The van der Waals surface area contributed by atoms with Crippen LogP contribution in [0.4, 0.5) is 0 Å². The highest BCUT2D eigenvalue weighted by atomic mass is 127. The quantitative estimate of drug-likeness (QED) is 0.512. The molecule has 1 aromatic carbocycles. The molecule has 22 heavy (non-hydrogen) atoms. The number of ether oxygens (including phenoxy) is 2. The zero-order chi connectivity index (χ0) is 16.0. The molecule has 1 heterocycles. The monoisotopic (exact) mass is 440 g/mol. The number of halogens is 1. The normalized spacial score (nSPS) is 16.6. The van der Waals surface area contributed by atoms with Crippen molar-refractivity contribution in [1.29, 1.82) is 0 Å². The second-order valence-corrected chi connectivity index (χ2v) is 7.93. The van der Waals surface area contributed by atoms with Gasteiger partial charge in [-0.1, -0.05) is 0 Å². The van der Waals surface area contributed by atoms with Crippen molar-refractivity contribution in [3.05, 3.63) is 21.8 Å². The number of nitrogens with zero attached hydrogens (tertiary/aromatic N) is 1. The number of methoxy groups -OCH3 is 1. The molecular formula is C14H21IN2O4S. The third-order valence-corrected chi connectivity index (χ3v) is 5.78. The molecule has 0 amide bonds. The Bertz CT molecular complexity index is 589. The van der Waals surface area contributed by atoms with Crippen molar-refractivity contribution in [2.45, 2.75) is 11.3 Å². The topological polar surface area (TPSA) is 67.9 Å². The summed E-state index contributed by atoms with van der Waals surface area (Å²) < 4.78 is 38.3. The van der Waals surface area contributed by atoms with Crippen LogP contribution in [-0.2, 0) is 14.8 Å². The molecule has 0 atom stereocenters. The summed E-state index contributed by atoms with van der Waals surface area (Å²) >= 11 is 2.06. The lowest BCUT2D eigenvalue weighted by atomic mass is 10.3. The zero-order valence-electron chi connectivity index (χ0n) is 12.5. The number of sulfonamides is 1. The molecule has 0 unspecified atom stereocenters. The van der Waals surface area contributed by atoms with Gasteiger partial charge in [0.25, 0.3) is 0 Å². The number of hydrogen-bond donors (Lipinski definition) is 1. The number of rotatable bonds is 7. The van der Waals surface area contributed by atoms with Gasteiger partial charge in [-0.3, -0.25) is 4.90 Å². The Labute approximate surface area is 145 Å². The Kier molecular flexibility index (Phi) is 6.87. The van der Waals surface area contributed by atoms with Gasteiger partial charge in [0.1, 0.15) is 5.75 Å². The van der Waals surface area contributed by atoms with E-state index < -0.39 is 10.0 Å². The van der Waals surface area contributed by atoms with Crippen LogP contribution in [-0.4, -0.2) is 59.8 Å². The van der Waals surface area contributed by atoms with Crippen molar-refractivity contribution in [3.63, 3.8) is 0 Å². The number of nitrogens with one attached hydrogen (secondary N) is 1. The highest BCUT2D eigenvalue weighted by molar-refractivity contribution is 14.1. The summed E-state index contributed by atoms with van der Waals surface area (Å²) in [5.74, 6) is 0.673. The Morgan fingerprint density at radius 2 is 2.09 bits per heavy atom. The largest absolute Gasteiger partial charge is 0.496 e. The third-order valence-electron chi connectivity index (χ3n) is 3.48. The number of hydrogen-bond acceptors (Lipinski definition) is 5. The minimum Gasteiger partial charge on any atom is -0.496 e. The van der Waals surface area contributed by atoms with Gasteiger partial charge in [0.15, 0.2) is 0 Å². The summed E-state index contributed by atoms with van der Waals surface area (Å²) in [5.41, 5.74) is 0. The van der Waals surface area contributed by atoms with E-state index in [9.17, 15) is 8.42 Å². The van der Waals surface area contributed by atoms with E-state index in [2.05, 4.69) is 32.2 Å². The molecule has 0 radical (unpaired) electrons. The summed E-state index contributed by atoms with van der Waals surface area (Å²) in [5, 5.41) is 0. The van der Waals surface area contributed by atoms with Gasteiger partial charge in [-0.25, -0.2) is 13.1 Å². The van der Waals surface area contributed by atoms with Crippen LogP contribution in [0.15, 0.2) is 23.1 Å². The van der Waals surface area contributed by atoms with E-state index in [1.807, 2.05) is 0 Å². The van der Waals surface area contributed by atoms with Gasteiger partial charge in [-0.15, -0.1) is 0 Å². The van der Waals surface area contributed by atoms with Crippen LogP contribution < -0.4 is 9.46 Å². The molecule has 1 fully saturated rings. The van der Waals surface area contributed by atoms with Crippen molar-refractivity contribution in [2.24, 2.45) is 0 Å².